The van der Waals surface area contributed by atoms with Crippen molar-refractivity contribution >= 4 is 0 Å². The third-order valence-corrected chi connectivity index (χ3v) is 3.46. The first-order valence-corrected chi connectivity index (χ1v) is 6.75. The predicted octanol–water partition coefficient (Wildman–Crippen LogP) is 3.22. The molecule has 0 unspecified atom stereocenters. The Morgan fingerprint density at radius 1 is 1.28 bits per heavy atom. The molecule has 1 aromatic rings. The molecule has 1 aliphatic heterocycles. The SMILES string of the molecule is CC(C)c1cc(F)cc(CNC2CCOCC2)c1. The Bertz CT molecular complexity index is 386. The Kier molecular flexibility index (Phi) is 4.72. The molecule has 0 saturated carbocycles. The number of halogens is 1. The molecule has 0 spiro atoms. The van der Waals surface area contributed by atoms with E-state index in [2.05, 4.69) is 25.2 Å². The number of hydrogen-bond donors (Lipinski definition) is 1. The maximum absolute atomic E-state index is 13.5. The molecule has 3 heteroatoms. The number of ether oxygens (including phenoxy) is 1. The lowest BCUT2D eigenvalue weighted by Gasteiger charge is -2.23. The van der Waals surface area contributed by atoms with E-state index in [4.69, 9.17) is 4.74 Å². The van der Waals surface area contributed by atoms with E-state index < -0.39 is 0 Å². The van der Waals surface area contributed by atoms with Crippen LogP contribution in [-0.4, -0.2) is 19.3 Å². The van der Waals surface area contributed by atoms with Crippen molar-refractivity contribution in [2.75, 3.05) is 13.2 Å². The van der Waals surface area contributed by atoms with Crippen molar-refractivity contribution in [3.8, 4) is 0 Å². The molecule has 1 saturated heterocycles. The van der Waals surface area contributed by atoms with Gasteiger partial charge in [0.1, 0.15) is 5.82 Å². The monoisotopic (exact) mass is 251 g/mol. The van der Waals surface area contributed by atoms with Crippen molar-refractivity contribution in [1.29, 1.82) is 0 Å². The summed E-state index contributed by atoms with van der Waals surface area (Å²) in [6, 6.07) is 5.85. The first-order chi connectivity index (χ1) is 8.65. The molecule has 0 aromatic heterocycles. The minimum absolute atomic E-state index is 0.134. The van der Waals surface area contributed by atoms with Gasteiger partial charge in [-0.3, -0.25) is 0 Å². The first kappa shape index (κ1) is 13.5. The largest absolute Gasteiger partial charge is 0.381 e. The summed E-state index contributed by atoms with van der Waals surface area (Å²) < 4.78 is 18.8. The molecule has 0 amide bonds. The van der Waals surface area contributed by atoms with Crippen LogP contribution in [0.3, 0.4) is 0 Å². The zero-order valence-electron chi connectivity index (χ0n) is 11.2. The standard InChI is InChI=1S/C15H22FNO/c1-11(2)13-7-12(8-14(16)9-13)10-17-15-3-5-18-6-4-15/h7-9,11,15,17H,3-6,10H2,1-2H3. The smallest absolute Gasteiger partial charge is 0.123 e. The van der Waals surface area contributed by atoms with E-state index in [-0.39, 0.29) is 5.82 Å². The summed E-state index contributed by atoms with van der Waals surface area (Å²) in [5.74, 6) is 0.229. The molecule has 2 nitrogen and oxygen atoms in total. The van der Waals surface area contributed by atoms with Crippen molar-refractivity contribution in [3.05, 3.63) is 35.1 Å². The molecule has 1 aliphatic rings. The molecule has 18 heavy (non-hydrogen) atoms. The molecule has 100 valence electrons. The molecule has 1 aromatic carbocycles. The van der Waals surface area contributed by atoms with Crippen LogP contribution in [0.15, 0.2) is 18.2 Å². The molecule has 1 N–H and O–H groups in total. The van der Waals surface area contributed by atoms with Gasteiger partial charge in [0.05, 0.1) is 0 Å². The van der Waals surface area contributed by atoms with Crippen LogP contribution < -0.4 is 5.32 Å². The number of rotatable bonds is 4. The van der Waals surface area contributed by atoms with Gasteiger partial charge >= 0.3 is 0 Å². The van der Waals surface area contributed by atoms with Gasteiger partial charge < -0.3 is 10.1 Å². The van der Waals surface area contributed by atoms with Crippen LogP contribution >= 0.6 is 0 Å². The molecular formula is C15H22FNO. The minimum atomic E-state index is -0.134. The molecule has 0 radical (unpaired) electrons. The Morgan fingerprint density at radius 2 is 2.00 bits per heavy atom. The van der Waals surface area contributed by atoms with Crippen LogP contribution in [0.1, 0.15) is 43.7 Å². The van der Waals surface area contributed by atoms with E-state index in [0.29, 0.717) is 12.0 Å². The predicted molar refractivity (Wildman–Crippen MR) is 71.2 cm³/mol. The van der Waals surface area contributed by atoms with E-state index in [1.54, 1.807) is 12.1 Å². The normalized spacial score (nSPS) is 17.3. The summed E-state index contributed by atoms with van der Waals surface area (Å²) in [5.41, 5.74) is 2.10. The third-order valence-electron chi connectivity index (χ3n) is 3.46. The molecule has 1 fully saturated rings. The Labute approximate surface area is 109 Å². The lowest BCUT2D eigenvalue weighted by Crippen LogP contribution is -2.34. The van der Waals surface area contributed by atoms with Gasteiger partial charge in [-0.05, 0) is 42.0 Å². The summed E-state index contributed by atoms with van der Waals surface area (Å²) in [7, 11) is 0. The fourth-order valence-corrected chi connectivity index (χ4v) is 2.27. The second kappa shape index (κ2) is 6.30. The number of benzene rings is 1. The quantitative estimate of drug-likeness (QED) is 0.887. The van der Waals surface area contributed by atoms with Crippen LogP contribution in [0, 0.1) is 5.82 Å². The summed E-state index contributed by atoms with van der Waals surface area (Å²) in [5, 5.41) is 3.48. The van der Waals surface area contributed by atoms with E-state index in [0.717, 1.165) is 43.7 Å². The zero-order chi connectivity index (χ0) is 13.0. The van der Waals surface area contributed by atoms with Crippen LogP contribution in [0.2, 0.25) is 0 Å². The third kappa shape index (κ3) is 3.79. The number of nitrogens with one attached hydrogen (secondary N) is 1. The highest BCUT2D eigenvalue weighted by Crippen LogP contribution is 2.18. The topological polar surface area (TPSA) is 21.3 Å². The van der Waals surface area contributed by atoms with Crippen LogP contribution in [0.25, 0.3) is 0 Å². The Hall–Kier alpha value is -0.930. The minimum Gasteiger partial charge on any atom is -0.381 e. The van der Waals surface area contributed by atoms with Crippen molar-refractivity contribution in [2.24, 2.45) is 0 Å². The van der Waals surface area contributed by atoms with E-state index in [9.17, 15) is 4.39 Å². The highest BCUT2D eigenvalue weighted by atomic mass is 19.1. The van der Waals surface area contributed by atoms with Crippen LogP contribution in [0.4, 0.5) is 4.39 Å². The molecule has 2 rings (SSSR count). The van der Waals surface area contributed by atoms with Gasteiger partial charge in [0, 0.05) is 25.8 Å². The second-order valence-electron chi connectivity index (χ2n) is 5.32. The molecule has 1 heterocycles. The maximum atomic E-state index is 13.5. The highest BCUT2D eigenvalue weighted by molar-refractivity contribution is 5.26. The highest BCUT2D eigenvalue weighted by Gasteiger charge is 2.13. The van der Waals surface area contributed by atoms with Gasteiger partial charge in [0.25, 0.3) is 0 Å². The summed E-state index contributed by atoms with van der Waals surface area (Å²) in [4.78, 5) is 0. The molecule has 0 aliphatic carbocycles. The van der Waals surface area contributed by atoms with E-state index in [1.807, 2.05) is 0 Å². The molecule has 0 atom stereocenters. The van der Waals surface area contributed by atoms with Crippen molar-refractivity contribution in [1.82, 2.24) is 5.32 Å². The zero-order valence-corrected chi connectivity index (χ0v) is 11.2. The maximum Gasteiger partial charge on any atom is 0.123 e. The second-order valence-corrected chi connectivity index (χ2v) is 5.32. The van der Waals surface area contributed by atoms with Gasteiger partial charge in [-0.1, -0.05) is 19.9 Å². The van der Waals surface area contributed by atoms with Gasteiger partial charge in [-0.25, -0.2) is 4.39 Å². The van der Waals surface area contributed by atoms with Crippen molar-refractivity contribution in [3.63, 3.8) is 0 Å². The fraction of sp³-hybridized carbons (Fsp3) is 0.600. The van der Waals surface area contributed by atoms with Crippen LogP contribution in [0.5, 0.6) is 0 Å². The fourth-order valence-electron chi connectivity index (χ4n) is 2.27. The summed E-state index contributed by atoms with van der Waals surface area (Å²) >= 11 is 0. The first-order valence-electron chi connectivity index (χ1n) is 6.75. The number of hydrogen-bond acceptors (Lipinski definition) is 2. The average Bonchev–Trinajstić information content (AvgIpc) is 2.37. The average molecular weight is 251 g/mol. The van der Waals surface area contributed by atoms with Gasteiger partial charge in [-0.15, -0.1) is 0 Å². The van der Waals surface area contributed by atoms with Gasteiger partial charge in [-0.2, -0.15) is 0 Å². The van der Waals surface area contributed by atoms with Gasteiger partial charge in [0.15, 0.2) is 0 Å². The van der Waals surface area contributed by atoms with Crippen molar-refractivity contribution < 1.29 is 9.13 Å². The Morgan fingerprint density at radius 3 is 2.67 bits per heavy atom. The Balaban J connectivity index is 1.95. The van der Waals surface area contributed by atoms with E-state index >= 15 is 0 Å². The lowest BCUT2D eigenvalue weighted by atomic mass is 10.00. The van der Waals surface area contributed by atoms with Gasteiger partial charge in [0.2, 0.25) is 0 Å². The van der Waals surface area contributed by atoms with Crippen LogP contribution in [-0.2, 0) is 11.3 Å². The molecule has 0 bridgehead atoms. The summed E-state index contributed by atoms with van der Waals surface area (Å²) in [6.07, 6.45) is 2.10. The summed E-state index contributed by atoms with van der Waals surface area (Å²) in [6.45, 7) is 6.58. The lowest BCUT2D eigenvalue weighted by molar-refractivity contribution is 0.0776. The van der Waals surface area contributed by atoms with E-state index in [1.165, 1.54) is 0 Å². The molecular weight excluding hydrogens is 229 g/mol. The van der Waals surface area contributed by atoms with Crippen molar-refractivity contribution in [2.45, 2.75) is 45.2 Å².